The number of amides is 2. The number of carbonyl (C=O) groups is 2. The molecule has 2 amide bonds. The first-order valence-corrected chi connectivity index (χ1v) is 10.4. The predicted molar refractivity (Wildman–Crippen MR) is 118 cm³/mol. The molecule has 1 aliphatic rings. The summed E-state index contributed by atoms with van der Waals surface area (Å²) in [6, 6.07) is 14.4. The maximum Gasteiger partial charge on any atom is 0.262 e. The number of nitrogens with one attached hydrogen (secondary N) is 2. The first-order valence-electron chi connectivity index (χ1n) is 10.0. The summed E-state index contributed by atoms with van der Waals surface area (Å²) in [5.74, 6) is -0.698. The van der Waals surface area contributed by atoms with Gasteiger partial charge in [-0.2, -0.15) is 0 Å². The largest absolute Gasteiger partial charge is 0.337 e. The van der Waals surface area contributed by atoms with Crippen LogP contribution in [0.2, 0.25) is 5.02 Å². The van der Waals surface area contributed by atoms with E-state index in [1.165, 1.54) is 4.57 Å². The van der Waals surface area contributed by atoms with Crippen LogP contribution in [0.1, 0.15) is 18.9 Å². The fourth-order valence-electron chi connectivity index (χ4n) is 3.71. The van der Waals surface area contributed by atoms with Gasteiger partial charge < -0.3 is 4.90 Å². The van der Waals surface area contributed by atoms with E-state index in [-0.39, 0.29) is 29.7 Å². The first kappa shape index (κ1) is 20.9. The molecule has 0 aliphatic carbocycles. The quantitative estimate of drug-likeness (QED) is 0.575. The van der Waals surface area contributed by atoms with Crippen LogP contribution in [0, 0.1) is 5.92 Å². The zero-order valence-electron chi connectivity index (χ0n) is 17.0. The summed E-state index contributed by atoms with van der Waals surface area (Å²) in [7, 11) is 0. The van der Waals surface area contributed by atoms with E-state index in [4.69, 9.17) is 11.6 Å². The number of para-hydroxylation sites is 1. The topological polar surface area (TPSA) is 96.3 Å². The van der Waals surface area contributed by atoms with Crippen LogP contribution in [0.3, 0.4) is 0 Å². The highest BCUT2D eigenvalue weighted by molar-refractivity contribution is 6.31. The maximum absolute atomic E-state index is 12.7. The molecule has 2 N–H and O–H groups in total. The first-order chi connectivity index (χ1) is 15.0. The standard InChI is InChI=1S/C22H22ClN5O3/c1-2-28-21(31)16-8-4-6-10-18(16)24-22(28)26-25-20(30)15-11-19(29)27(13-15)12-14-7-3-5-9-17(14)23/h3-10,15H,2,11-13H2,1H3,(H,24,26)(H,25,30). The van der Waals surface area contributed by atoms with E-state index in [2.05, 4.69) is 15.8 Å². The van der Waals surface area contributed by atoms with Crippen LogP contribution in [0.15, 0.2) is 53.3 Å². The third-order valence-electron chi connectivity index (χ3n) is 5.38. The van der Waals surface area contributed by atoms with Crippen LogP contribution in [0.25, 0.3) is 10.9 Å². The Hall–Kier alpha value is -3.39. The number of hydrogen-bond donors (Lipinski definition) is 2. The molecule has 1 fully saturated rings. The normalized spacial score (nSPS) is 16.0. The van der Waals surface area contributed by atoms with Gasteiger partial charge in [-0.1, -0.05) is 41.9 Å². The lowest BCUT2D eigenvalue weighted by Crippen LogP contribution is -2.38. The zero-order chi connectivity index (χ0) is 22.0. The molecule has 1 unspecified atom stereocenters. The highest BCUT2D eigenvalue weighted by Gasteiger charge is 2.34. The van der Waals surface area contributed by atoms with Gasteiger partial charge in [0.15, 0.2) is 0 Å². The molecule has 4 rings (SSSR count). The molecule has 1 aromatic heterocycles. The number of carbonyl (C=O) groups excluding carboxylic acids is 2. The molecule has 0 bridgehead atoms. The Kier molecular flexibility index (Phi) is 5.90. The molecule has 1 aliphatic heterocycles. The van der Waals surface area contributed by atoms with Crippen LogP contribution < -0.4 is 16.4 Å². The van der Waals surface area contributed by atoms with Gasteiger partial charge in [0, 0.05) is 31.1 Å². The van der Waals surface area contributed by atoms with E-state index in [0.717, 1.165) is 5.56 Å². The lowest BCUT2D eigenvalue weighted by Gasteiger charge is -2.18. The molecule has 0 saturated carbocycles. The highest BCUT2D eigenvalue weighted by atomic mass is 35.5. The average Bonchev–Trinajstić information content (AvgIpc) is 3.14. The Bertz CT molecular complexity index is 1210. The van der Waals surface area contributed by atoms with Crippen molar-refractivity contribution < 1.29 is 9.59 Å². The third kappa shape index (κ3) is 4.25. The molecule has 3 aromatic rings. The van der Waals surface area contributed by atoms with E-state index in [1.54, 1.807) is 35.2 Å². The van der Waals surface area contributed by atoms with E-state index < -0.39 is 5.92 Å². The van der Waals surface area contributed by atoms with Crippen molar-refractivity contribution in [1.82, 2.24) is 19.9 Å². The Morgan fingerprint density at radius 3 is 2.68 bits per heavy atom. The molecule has 2 aromatic carbocycles. The maximum atomic E-state index is 12.7. The summed E-state index contributed by atoms with van der Waals surface area (Å²) in [6.07, 6.45) is 0.115. The highest BCUT2D eigenvalue weighted by Crippen LogP contribution is 2.23. The van der Waals surface area contributed by atoms with Gasteiger partial charge >= 0.3 is 0 Å². The molecule has 0 spiro atoms. The second-order valence-electron chi connectivity index (χ2n) is 7.38. The molecule has 1 atom stereocenters. The monoisotopic (exact) mass is 439 g/mol. The lowest BCUT2D eigenvalue weighted by atomic mass is 10.1. The van der Waals surface area contributed by atoms with Crippen molar-refractivity contribution in [3.63, 3.8) is 0 Å². The van der Waals surface area contributed by atoms with E-state index in [0.29, 0.717) is 35.6 Å². The Balaban J connectivity index is 1.44. The van der Waals surface area contributed by atoms with Crippen LogP contribution in [0.5, 0.6) is 0 Å². The van der Waals surface area contributed by atoms with Crippen LogP contribution in [0.4, 0.5) is 5.95 Å². The molecule has 0 radical (unpaired) electrons. The molecule has 9 heteroatoms. The van der Waals surface area contributed by atoms with Crippen molar-refractivity contribution in [2.45, 2.75) is 26.4 Å². The van der Waals surface area contributed by atoms with Gasteiger partial charge in [-0.3, -0.25) is 29.8 Å². The number of likely N-dealkylation sites (tertiary alicyclic amines) is 1. The second-order valence-corrected chi connectivity index (χ2v) is 7.79. The smallest absolute Gasteiger partial charge is 0.262 e. The van der Waals surface area contributed by atoms with Gasteiger partial charge in [0.2, 0.25) is 17.8 Å². The number of fused-ring (bicyclic) bond motifs is 1. The molecule has 1 saturated heterocycles. The Morgan fingerprint density at radius 1 is 1.16 bits per heavy atom. The van der Waals surface area contributed by atoms with Crippen molar-refractivity contribution >= 4 is 40.3 Å². The SMILES string of the molecule is CCn1c(NNC(=O)C2CC(=O)N(Cc3ccccc3Cl)C2)nc2ccccc2c1=O. The van der Waals surface area contributed by atoms with Gasteiger partial charge in [0.05, 0.1) is 16.8 Å². The van der Waals surface area contributed by atoms with Crippen LogP contribution in [-0.2, 0) is 22.7 Å². The Morgan fingerprint density at radius 2 is 1.90 bits per heavy atom. The van der Waals surface area contributed by atoms with Gasteiger partial charge in [-0.25, -0.2) is 4.98 Å². The predicted octanol–water partition coefficient (Wildman–Crippen LogP) is 2.56. The molecule has 31 heavy (non-hydrogen) atoms. The van der Waals surface area contributed by atoms with Crippen molar-refractivity contribution in [3.8, 4) is 0 Å². The summed E-state index contributed by atoms with van der Waals surface area (Å²) < 4.78 is 1.45. The number of hydrazine groups is 1. The molecule has 8 nitrogen and oxygen atoms in total. The van der Waals surface area contributed by atoms with Gasteiger partial charge in [-0.05, 0) is 30.7 Å². The summed E-state index contributed by atoms with van der Waals surface area (Å²) in [5.41, 5.74) is 6.56. The molecule has 2 heterocycles. The minimum atomic E-state index is -0.509. The van der Waals surface area contributed by atoms with Crippen molar-refractivity contribution in [3.05, 3.63) is 69.5 Å². The zero-order valence-corrected chi connectivity index (χ0v) is 17.7. The fourth-order valence-corrected chi connectivity index (χ4v) is 3.90. The fraction of sp³-hybridized carbons (Fsp3) is 0.273. The van der Waals surface area contributed by atoms with E-state index in [9.17, 15) is 14.4 Å². The van der Waals surface area contributed by atoms with Crippen molar-refractivity contribution in [1.29, 1.82) is 0 Å². The molecule has 160 valence electrons. The molecular weight excluding hydrogens is 418 g/mol. The minimum absolute atomic E-state index is 0.102. The van der Waals surface area contributed by atoms with Crippen molar-refractivity contribution in [2.24, 2.45) is 5.92 Å². The summed E-state index contributed by atoms with van der Waals surface area (Å²) >= 11 is 6.19. The summed E-state index contributed by atoms with van der Waals surface area (Å²) in [6.45, 7) is 2.87. The second kappa shape index (κ2) is 8.77. The average molecular weight is 440 g/mol. The van der Waals surface area contributed by atoms with Gasteiger partial charge in [0.25, 0.3) is 5.56 Å². The van der Waals surface area contributed by atoms with Gasteiger partial charge in [-0.15, -0.1) is 0 Å². The number of nitrogens with zero attached hydrogens (tertiary/aromatic N) is 3. The van der Waals surface area contributed by atoms with E-state index >= 15 is 0 Å². The number of aromatic nitrogens is 2. The number of anilines is 1. The number of benzene rings is 2. The van der Waals surface area contributed by atoms with E-state index in [1.807, 2.05) is 25.1 Å². The Labute approximate surface area is 183 Å². The summed E-state index contributed by atoms with van der Waals surface area (Å²) in [5, 5.41) is 1.10. The number of halogens is 1. The van der Waals surface area contributed by atoms with Crippen LogP contribution >= 0.6 is 11.6 Å². The summed E-state index contributed by atoms with van der Waals surface area (Å²) in [4.78, 5) is 43.8. The number of hydrogen-bond acceptors (Lipinski definition) is 5. The lowest BCUT2D eigenvalue weighted by molar-refractivity contribution is -0.129. The minimum Gasteiger partial charge on any atom is -0.337 e. The third-order valence-corrected chi connectivity index (χ3v) is 5.75. The number of rotatable bonds is 6. The van der Waals surface area contributed by atoms with Crippen LogP contribution in [-0.4, -0.2) is 32.8 Å². The molecular formula is C22H22ClN5O3. The van der Waals surface area contributed by atoms with Gasteiger partial charge in [0.1, 0.15) is 0 Å². The van der Waals surface area contributed by atoms with Crippen molar-refractivity contribution in [2.75, 3.05) is 12.0 Å².